The maximum Gasteiger partial charge on any atom is 0.270 e. The van der Waals surface area contributed by atoms with E-state index in [-0.39, 0.29) is 17.3 Å². The van der Waals surface area contributed by atoms with Crippen LogP contribution in [0.25, 0.3) is 22.4 Å². The van der Waals surface area contributed by atoms with Crippen molar-refractivity contribution in [1.29, 1.82) is 0 Å². The number of nitrogens with zero attached hydrogens (tertiary/aromatic N) is 4. The number of hydrogen-bond acceptors (Lipinski definition) is 6. The van der Waals surface area contributed by atoms with Crippen LogP contribution in [-0.4, -0.2) is 39.0 Å². The molecule has 0 radical (unpaired) electrons. The van der Waals surface area contributed by atoms with Crippen molar-refractivity contribution in [3.05, 3.63) is 51.7 Å². The molecular weight excluding hydrogens is 360 g/mol. The first-order valence-electron chi connectivity index (χ1n) is 9.25. The smallest absolute Gasteiger partial charge is 0.270 e. The number of piperidine rings is 1. The second kappa shape index (κ2) is 7.03. The molecule has 8 nitrogen and oxygen atoms in total. The highest BCUT2D eigenvalue weighted by Crippen LogP contribution is 2.30. The number of pyridine rings is 1. The molecule has 1 fully saturated rings. The van der Waals surface area contributed by atoms with Crippen LogP contribution in [0, 0.1) is 23.0 Å². The van der Waals surface area contributed by atoms with E-state index in [1.54, 1.807) is 25.1 Å². The zero-order valence-electron chi connectivity index (χ0n) is 15.7. The average Bonchev–Trinajstić information content (AvgIpc) is 3.08. The summed E-state index contributed by atoms with van der Waals surface area (Å²) in [6, 6.07) is 7.87. The van der Waals surface area contributed by atoms with Crippen LogP contribution >= 0.6 is 0 Å². The molecule has 1 aliphatic rings. The molecule has 1 saturated heterocycles. The molecule has 1 aromatic carbocycles. The number of fused-ring (bicyclic) bond motifs is 1. The lowest BCUT2D eigenvalue weighted by Gasteiger charge is -2.31. The molecule has 0 N–H and O–H groups in total. The number of non-ortho nitro benzene ring substituents is 1. The highest BCUT2D eigenvalue weighted by molar-refractivity contribution is 6.07. The topological polar surface area (TPSA) is 102 Å². The Morgan fingerprint density at radius 2 is 2.18 bits per heavy atom. The third kappa shape index (κ3) is 3.21. The van der Waals surface area contributed by atoms with E-state index in [9.17, 15) is 14.9 Å². The molecule has 3 aromatic rings. The number of hydrogen-bond donors (Lipinski definition) is 0. The van der Waals surface area contributed by atoms with E-state index >= 15 is 0 Å². The van der Waals surface area contributed by atoms with Gasteiger partial charge in [0.05, 0.1) is 27.3 Å². The van der Waals surface area contributed by atoms with E-state index in [1.165, 1.54) is 12.1 Å². The molecule has 2 aromatic heterocycles. The van der Waals surface area contributed by atoms with Crippen LogP contribution in [0.15, 0.2) is 34.9 Å². The Kier molecular flexibility index (Phi) is 4.54. The van der Waals surface area contributed by atoms with Crippen LogP contribution in [0.4, 0.5) is 5.69 Å². The molecule has 8 heteroatoms. The van der Waals surface area contributed by atoms with Gasteiger partial charge < -0.3 is 9.42 Å². The van der Waals surface area contributed by atoms with Gasteiger partial charge in [0.15, 0.2) is 0 Å². The zero-order chi connectivity index (χ0) is 19.8. The van der Waals surface area contributed by atoms with Crippen LogP contribution in [-0.2, 0) is 0 Å². The van der Waals surface area contributed by atoms with Gasteiger partial charge in [0.1, 0.15) is 0 Å². The van der Waals surface area contributed by atoms with Gasteiger partial charge in [0.2, 0.25) is 0 Å². The minimum absolute atomic E-state index is 0.0362. The number of aromatic nitrogens is 2. The van der Waals surface area contributed by atoms with Gasteiger partial charge in [-0.3, -0.25) is 14.9 Å². The summed E-state index contributed by atoms with van der Waals surface area (Å²) < 4.78 is 5.32. The van der Waals surface area contributed by atoms with Crippen molar-refractivity contribution in [2.24, 2.45) is 5.92 Å². The van der Waals surface area contributed by atoms with Crippen molar-refractivity contribution < 1.29 is 14.2 Å². The second-order valence-electron chi connectivity index (χ2n) is 7.31. The van der Waals surface area contributed by atoms with E-state index in [4.69, 9.17) is 4.52 Å². The maximum absolute atomic E-state index is 13.3. The highest BCUT2D eigenvalue weighted by atomic mass is 16.6. The summed E-state index contributed by atoms with van der Waals surface area (Å²) in [5.74, 6) is 0.367. The molecular formula is C20H20N4O4. The molecule has 1 aliphatic heterocycles. The van der Waals surface area contributed by atoms with Gasteiger partial charge in [-0.2, -0.15) is 0 Å². The lowest BCUT2D eigenvalue weighted by atomic mass is 9.98. The van der Waals surface area contributed by atoms with E-state index in [0.29, 0.717) is 46.9 Å². The number of aryl methyl sites for hydroxylation is 1. The quantitative estimate of drug-likeness (QED) is 0.503. The average molecular weight is 380 g/mol. The Hall–Kier alpha value is -3.29. The summed E-state index contributed by atoms with van der Waals surface area (Å²) >= 11 is 0. The SMILES string of the molecule is Cc1noc2nc(-c3cccc([N+](=O)[O-])c3)cc(C(=O)N3CCC[C@@H](C)C3)c12. The molecule has 0 saturated carbocycles. The Morgan fingerprint density at radius 1 is 1.36 bits per heavy atom. The first-order chi connectivity index (χ1) is 13.4. The van der Waals surface area contributed by atoms with Crippen LogP contribution in [0.5, 0.6) is 0 Å². The molecule has 0 spiro atoms. The predicted molar refractivity (Wildman–Crippen MR) is 103 cm³/mol. The van der Waals surface area contributed by atoms with Crippen molar-refractivity contribution in [2.75, 3.05) is 13.1 Å². The van der Waals surface area contributed by atoms with Crippen molar-refractivity contribution in [3.63, 3.8) is 0 Å². The summed E-state index contributed by atoms with van der Waals surface area (Å²) in [7, 11) is 0. The molecule has 3 heterocycles. The number of carbonyl (C=O) groups is 1. The number of carbonyl (C=O) groups excluding carboxylic acids is 1. The normalized spacial score (nSPS) is 17.1. The number of nitro groups is 1. The number of benzene rings is 1. The number of rotatable bonds is 3. The Balaban J connectivity index is 1.83. The Labute approximate surface area is 161 Å². The van der Waals surface area contributed by atoms with E-state index in [2.05, 4.69) is 17.1 Å². The molecule has 1 amide bonds. The summed E-state index contributed by atoms with van der Waals surface area (Å²) in [4.78, 5) is 30.2. The summed E-state index contributed by atoms with van der Waals surface area (Å²) in [6.07, 6.45) is 2.09. The third-order valence-electron chi connectivity index (χ3n) is 5.14. The van der Waals surface area contributed by atoms with Gasteiger partial charge in [0.25, 0.3) is 17.3 Å². The molecule has 4 rings (SSSR count). The maximum atomic E-state index is 13.3. The Bertz CT molecular complexity index is 1080. The van der Waals surface area contributed by atoms with E-state index < -0.39 is 4.92 Å². The predicted octanol–water partition coefficient (Wildman–Crippen LogP) is 3.98. The van der Waals surface area contributed by atoms with Crippen LogP contribution in [0.2, 0.25) is 0 Å². The van der Waals surface area contributed by atoms with Crippen LogP contribution in [0.3, 0.4) is 0 Å². The summed E-state index contributed by atoms with van der Waals surface area (Å²) in [5, 5.41) is 15.7. The van der Waals surface area contributed by atoms with Crippen LogP contribution < -0.4 is 0 Å². The molecule has 1 atom stereocenters. The summed E-state index contributed by atoms with van der Waals surface area (Å²) in [5.41, 5.74) is 2.29. The second-order valence-corrected chi connectivity index (χ2v) is 7.31. The number of amides is 1. The molecule has 0 bridgehead atoms. The third-order valence-corrected chi connectivity index (χ3v) is 5.14. The molecule has 28 heavy (non-hydrogen) atoms. The monoisotopic (exact) mass is 380 g/mol. The first kappa shape index (κ1) is 18.1. The van der Waals surface area contributed by atoms with Crippen molar-refractivity contribution >= 4 is 22.7 Å². The Morgan fingerprint density at radius 3 is 2.93 bits per heavy atom. The standard InChI is InChI=1S/C20H20N4O4/c1-12-5-4-8-23(11-12)20(25)16-10-17(21-19-18(16)13(2)22-28-19)14-6-3-7-15(9-14)24(26)27/h3,6-7,9-10,12H,4-5,8,11H2,1-2H3/t12-/m1/s1. The van der Waals surface area contributed by atoms with Gasteiger partial charge >= 0.3 is 0 Å². The van der Waals surface area contributed by atoms with Gasteiger partial charge in [-0.25, -0.2) is 4.98 Å². The largest absolute Gasteiger partial charge is 0.338 e. The molecule has 0 aliphatic carbocycles. The van der Waals surface area contributed by atoms with Crippen molar-refractivity contribution in [1.82, 2.24) is 15.0 Å². The van der Waals surface area contributed by atoms with Crippen LogP contribution in [0.1, 0.15) is 35.8 Å². The fourth-order valence-corrected chi connectivity index (χ4v) is 3.73. The molecule has 144 valence electrons. The molecule has 0 unspecified atom stereocenters. The lowest BCUT2D eigenvalue weighted by Crippen LogP contribution is -2.39. The minimum atomic E-state index is -0.457. The van der Waals surface area contributed by atoms with E-state index in [0.717, 1.165) is 12.8 Å². The highest BCUT2D eigenvalue weighted by Gasteiger charge is 2.26. The van der Waals surface area contributed by atoms with Crippen molar-refractivity contribution in [3.8, 4) is 11.3 Å². The van der Waals surface area contributed by atoms with Gasteiger partial charge in [-0.15, -0.1) is 0 Å². The lowest BCUT2D eigenvalue weighted by molar-refractivity contribution is -0.384. The van der Waals surface area contributed by atoms with Gasteiger partial charge in [0, 0.05) is 30.8 Å². The summed E-state index contributed by atoms with van der Waals surface area (Å²) in [6.45, 7) is 5.33. The van der Waals surface area contributed by atoms with Crippen molar-refractivity contribution in [2.45, 2.75) is 26.7 Å². The minimum Gasteiger partial charge on any atom is -0.338 e. The van der Waals surface area contributed by atoms with E-state index in [1.807, 2.05) is 4.90 Å². The zero-order valence-corrected chi connectivity index (χ0v) is 15.7. The fraction of sp³-hybridized carbons (Fsp3) is 0.350. The fourth-order valence-electron chi connectivity index (χ4n) is 3.73. The first-order valence-corrected chi connectivity index (χ1v) is 9.25. The van der Waals surface area contributed by atoms with Gasteiger partial charge in [-0.05, 0) is 31.7 Å². The number of likely N-dealkylation sites (tertiary alicyclic amines) is 1. The van der Waals surface area contributed by atoms with Gasteiger partial charge in [-0.1, -0.05) is 24.2 Å². The number of nitro benzene ring substituents is 1.